The number of aryl methyl sites for hydroxylation is 1. The summed E-state index contributed by atoms with van der Waals surface area (Å²) in [6.45, 7) is 5.65. The molecule has 2 amide bonds. The van der Waals surface area contributed by atoms with Crippen molar-refractivity contribution in [3.63, 3.8) is 0 Å². The molecule has 0 fully saturated rings. The van der Waals surface area contributed by atoms with E-state index in [0.717, 1.165) is 0 Å². The highest BCUT2D eigenvalue weighted by Crippen LogP contribution is 2.17. The zero-order valence-electron chi connectivity index (χ0n) is 13.5. The Balaban J connectivity index is 2.04. The SMILES string of the molecule is CCN(CC)C(=O)c1ccccc1NC(=O)CCn1cccn1. The second-order valence-corrected chi connectivity index (χ2v) is 5.09. The Morgan fingerprint density at radius 1 is 1.17 bits per heavy atom. The van der Waals surface area contributed by atoms with Gasteiger partial charge in [0.05, 0.1) is 11.3 Å². The van der Waals surface area contributed by atoms with E-state index in [4.69, 9.17) is 0 Å². The summed E-state index contributed by atoms with van der Waals surface area (Å²) in [6.07, 6.45) is 3.79. The molecule has 2 aromatic rings. The van der Waals surface area contributed by atoms with E-state index in [1.807, 2.05) is 32.2 Å². The van der Waals surface area contributed by atoms with E-state index in [-0.39, 0.29) is 11.8 Å². The zero-order valence-corrected chi connectivity index (χ0v) is 13.5. The first-order chi connectivity index (χ1) is 11.2. The monoisotopic (exact) mass is 314 g/mol. The number of anilines is 1. The van der Waals surface area contributed by atoms with Crippen LogP contribution in [0.4, 0.5) is 5.69 Å². The molecule has 0 spiro atoms. The molecule has 0 radical (unpaired) electrons. The van der Waals surface area contributed by atoms with Gasteiger partial charge in [-0.2, -0.15) is 5.10 Å². The van der Waals surface area contributed by atoms with Crippen molar-refractivity contribution >= 4 is 17.5 Å². The molecule has 0 saturated carbocycles. The third-order valence-corrected chi connectivity index (χ3v) is 3.61. The fraction of sp³-hybridized carbons (Fsp3) is 0.353. The molecule has 122 valence electrons. The number of aromatic nitrogens is 2. The van der Waals surface area contributed by atoms with Crippen LogP contribution in [0.2, 0.25) is 0 Å². The maximum absolute atomic E-state index is 12.5. The number of rotatable bonds is 7. The van der Waals surface area contributed by atoms with Gasteiger partial charge in [0.25, 0.3) is 5.91 Å². The fourth-order valence-electron chi connectivity index (χ4n) is 2.32. The smallest absolute Gasteiger partial charge is 0.255 e. The summed E-state index contributed by atoms with van der Waals surface area (Å²) in [5, 5.41) is 6.89. The standard InChI is InChI=1S/C17H22N4O2/c1-3-20(4-2)17(23)14-8-5-6-9-15(14)19-16(22)10-13-21-12-7-11-18-21/h5-9,11-12H,3-4,10,13H2,1-2H3,(H,19,22). The molecule has 23 heavy (non-hydrogen) atoms. The van der Waals surface area contributed by atoms with Gasteiger partial charge in [-0.1, -0.05) is 12.1 Å². The fourth-order valence-corrected chi connectivity index (χ4v) is 2.32. The molecule has 6 heteroatoms. The van der Waals surface area contributed by atoms with Gasteiger partial charge in [0.2, 0.25) is 5.91 Å². The van der Waals surface area contributed by atoms with Crippen LogP contribution in [0.25, 0.3) is 0 Å². The number of nitrogens with one attached hydrogen (secondary N) is 1. The van der Waals surface area contributed by atoms with Crippen LogP contribution in [-0.4, -0.2) is 39.6 Å². The van der Waals surface area contributed by atoms with Crippen molar-refractivity contribution in [3.8, 4) is 0 Å². The largest absolute Gasteiger partial charge is 0.339 e. The average Bonchev–Trinajstić information content (AvgIpc) is 3.08. The topological polar surface area (TPSA) is 67.2 Å². The first-order valence-corrected chi connectivity index (χ1v) is 7.81. The number of hydrogen-bond donors (Lipinski definition) is 1. The normalized spacial score (nSPS) is 10.3. The molecule has 1 aromatic carbocycles. The van der Waals surface area contributed by atoms with E-state index < -0.39 is 0 Å². The molecule has 1 heterocycles. The van der Waals surface area contributed by atoms with E-state index in [2.05, 4.69) is 10.4 Å². The van der Waals surface area contributed by atoms with Crippen molar-refractivity contribution in [2.45, 2.75) is 26.8 Å². The molecular formula is C17H22N4O2. The van der Waals surface area contributed by atoms with E-state index in [9.17, 15) is 9.59 Å². The van der Waals surface area contributed by atoms with Crippen LogP contribution in [0.3, 0.4) is 0 Å². The van der Waals surface area contributed by atoms with Gasteiger partial charge in [0.1, 0.15) is 0 Å². The molecule has 0 aliphatic rings. The Morgan fingerprint density at radius 3 is 2.57 bits per heavy atom. The van der Waals surface area contributed by atoms with Gasteiger partial charge in [-0.05, 0) is 32.0 Å². The lowest BCUT2D eigenvalue weighted by Gasteiger charge is -2.20. The number of para-hydroxylation sites is 1. The molecular weight excluding hydrogens is 292 g/mol. The quantitative estimate of drug-likeness (QED) is 0.853. The lowest BCUT2D eigenvalue weighted by atomic mass is 10.1. The van der Waals surface area contributed by atoms with Crippen molar-refractivity contribution < 1.29 is 9.59 Å². The van der Waals surface area contributed by atoms with Crippen molar-refractivity contribution in [1.29, 1.82) is 0 Å². The predicted molar refractivity (Wildman–Crippen MR) is 89.2 cm³/mol. The number of nitrogens with zero attached hydrogens (tertiary/aromatic N) is 3. The average molecular weight is 314 g/mol. The molecule has 6 nitrogen and oxygen atoms in total. The maximum atomic E-state index is 12.5. The number of amides is 2. The van der Waals surface area contributed by atoms with E-state index in [1.54, 1.807) is 34.0 Å². The van der Waals surface area contributed by atoms with Crippen LogP contribution >= 0.6 is 0 Å². The molecule has 0 unspecified atom stereocenters. The number of carbonyl (C=O) groups excluding carboxylic acids is 2. The Kier molecular flexibility index (Phi) is 5.91. The third-order valence-electron chi connectivity index (χ3n) is 3.61. The maximum Gasteiger partial charge on any atom is 0.255 e. The summed E-state index contributed by atoms with van der Waals surface area (Å²) in [6, 6.07) is 8.92. The third kappa shape index (κ3) is 4.42. The lowest BCUT2D eigenvalue weighted by molar-refractivity contribution is -0.116. The number of hydrogen-bond acceptors (Lipinski definition) is 3. The van der Waals surface area contributed by atoms with Crippen LogP contribution in [0.15, 0.2) is 42.7 Å². The van der Waals surface area contributed by atoms with Crippen LogP contribution in [0.5, 0.6) is 0 Å². The molecule has 1 aromatic heterocycles. The van der Waals surface area contributed by atoms with E-state index >= 15 is 0 Å². The van der Waals surface area contributed by atoms with Crippen molar-refractivity contribution in [2.24, 2.45) is 0 Å². The van der Waals surface area contributed by atoms with Gasteiger partial charge in [-0.15, -0.1) is 0 Å². The first kappa shape index (κ1) is 16.7. The van der Waals surface area contributed by atoms with E-state index in [0.29, 0.717) is 37.3 Å². The van der Waals surface area contributed by atoms with E-state index in [1.165, 1.54) is 0 Å². The molecule has 0 bridgehead atoms. The lowest BCUT2D eigenvalue weighted by Crippen LogP contribution is -2.31. The zero-order chi connectivity index (χ0) is 16.7. The summed E-state index contributed by atoms with van der Waals surface area (Å²) in [5.41, 5.74) is 1.07. The van der Waals surface area contributed by atoms with Gasteiger partial charge in [-0.3, -0.25) is 14.3 Å². The van der Waals surface area contributed by atoms with Gasteiger partial charge >= 0.3 is 0 Å². The Bertz CT molecular complexity index is 648. The van der Waals surface area contributed by atoms with Gasteiger partial charge in [0.15, 0.2) is 0 Å². The van der Waals surface area contributed by atoms with Crippen LogP contribution in [-0.2, 0) is 11.3 Å². The molecule has 0 saturated heterocycles. The number of benzene rings is 1. The summed E-state index contributed by atoms with van der Waals surface area (Å²) in [5.74, 6) is -0.210. The van der Waals surface area contributed by atoms with Gasteiger partial charge in [-0.25, -0.2) is 0 Å². The molecule has 0 atom stereocenters. The summed E-state index contributed by atoms with van der Waals surface area (Å²) in [4.78, 5) is 26.4. The summed E-state index contributed by atoms with van der Waals surface area (Å²) < 4.78 is 1.70. The Hall–Kier alpha value is -2.63. The number of carbonyl (C=O) groups is 2. The Labute approximate surface area is 136 Å². The minimum absolute atomic E-state index is 0.0713. The molecule has 0 aliphatic heterocycles. The summed E-state index contributed by atoms with van der Waals surface area (Å²) in [7, 11) is 0. The van der Waals surface area contributed by atoms with Gasteiger partial charge in [0, 0.05) is 38.4 Å². The minimum Gasteiger partial charge on any atom is -0.339 e. The Morgan fingerprint density at radius 2 is 1.91 bits per heavy atom. The second kappa shape index (κ2) is 8.12. The van der Waals surface area contributed by atoms with Crippen LogP contribution < -0.4 is 5.32 Å². The van der Waals surface area contributed by atoms with Crippen LogP contribution in [0, 0.1) is 0 Å². The van der Waals surface area contributed by atoms with Crippen molar-refractivity contribution in [3.05, 3.63) is 48.3 Å². The van der Waals surface area contributed by atoms with Crippen LogP contribution in [0.1, 0.15) is 30.6 Å². The summed E-state index contributed by atoms with van der Waals surface area (Å²) >= 11 is 0. The van der Waals surface area contributed by atoms with Crippen molar-refractivity contribution in [1.82, 2.24) is 14.7 Å². The highest BCUT2D eigenvalue weighted by molar-refractivity contribution is 6.03. The molecule has 2 rings (SSSR count). The van der Waals surface area contributed by atoms with Gasteiger partial charge < -0.3 is 10.2 Å². The highest BCUT2D eigenvalue weighted by Gasteiger charge is 2.17. The first-order valence-electron chi connectivity index (χ1n) is 7.81. The van der Waals surface area contributed by atoms with Crippen molar-refractivity contribution in [2.75, 3.05) is 18.4 Å². The molecule has 1 N–H and O–H groups in total. The second-order valence-electron chi connectivity index (χ2n) is 5.09. The minimum atomic E-state index is -0.139. The predicted octanol–water partition coefficient (Wildman–Crippen LogP) is 2.39. The molecule has 0 aliphatic carbocycles. The highest BCUT2D eigenvalue weighted by atomic mass is 16.2.